The first-order valence-electron chi connectivity index (χ1n) is 6.60. The lowest BCUT2D eigenvalue weighted by atomic mass is 10.1. The second-order valence-corrected chi connectivity index (χ2v) is 5.88. The average Bonchev–Trinajstić information content (AvgIpc) is 2.96. The zero-order valence-electron chi connectivity index (χ0n) is 12.8. The number of carbonyl (C=O) groups is 1. The SMILES string of the molecule is COC(=O)c1sc(-c2ccc([N+](=O)[O-])cc2)cc1/N=C/N(C)C. The molecule has 120 valence electrons. The number of nitro benzene ring substituents is 1. The van der Waals surface area contributed by atoms with Gasteiger partial charge in [-0.1, -0.05) is 0 Å². The van der Waals surface area contributed by atoms with Crippen LogP contribution in [-0.4, -0.2) is 43.3 Å². The van der Waals surface area contributed by atoms with Gasteiger partial charge in [0, 0.05) is 31.1 Å². The average molecular weight is 333 g/mol. The minimum Gasteiger partial charge on any atom is -0.465 e. The van der Waals surface area contributed by atoms with E-state index >= 15 is 0 Å². The van der Waals surface area contributed by atoms with Crippen molar-refractivity contribution in [1.29, 1.82) is 0 Å². The van der Waals surface area contributed by atoms with Crippen LogP contribution in [0.1, 0.15) is 9.67 Å². The molecule has 0 amide bonds. The molecule has 0 spiro atoms. The Bertz CT molecular complexity index is 751. The lowest BCUT2D eigenvalue weighted by molar-refractivity contribution is -0.384. The number of hydrogen-bond donors (Lipinski definition) is 0. The Kier molecular flexibility index (Phi) is 5.07. The third-order valence-corrected chi connectivity index (χ3v) is 4.03. The first-order chi connectivity index (χ1) is 10.9. The lowest BCUT2D eigenvalue weighted by Gasteiger charge is -2.02. The first kappa shape index (κ1) is 16.6. The van der Waals surface area contributed by atoms with E-state index in [1.165, 1.54) is 30.6 Å². The van der Waals surface area contributed by atoms with Gasteiger partial charge in [0.1, 0.15) is 4.88 Å². The summed E-state index contributed by atoms with van der Waals surface area (Å²) in [5, 5.41) is 10.7. The number of aliphatic imine (C=N–C) groups is 1. The van der Waals surface area contributed by atoms with Gasteiger partial charge in [0.25, 0.3) is 5.69 Å². The summed E-state index contributed by atoms with van der Waals surface area (Å²) in [5.74, 6) is -0.464. The Labute approximate surface area is 137 Å². The predicted molar refractivity (Wildman–Crippen MR) is 89.6 cm³/mol. The number of carbonyl (C=O) groups excluding carboxylic acids is 1. The van der Waals surface area contributed by atoms with Gasteiger partial charge in [-0.05, 0) is 23.8 Å². The molecule has 0 aliphatic rings. The van der Waals surface area contributed by atoms with E-state index in [0.29, 0.717) is 10.6 Å². The maximum absolute atomic E-state index is 11.9. The monoisotopic (exact) mass is 333 g/mol. The fourth-order valence-electron chi connectivity index (χ4n) is 1.78. The number of nitro groups is 1. The molecule has 0 aliphatic carbocycles. The van der Waals surface area contributed by atoms with Crippen LogP contribution < -0.4 is 0 Å². The van der Waals surface area contributed by atoms with Crippen molar-refractivity contribution in [3.8, 4) is 10.4 Å². The third kappa shape index (κ3) is 3.92. The molecular formula is C15H15N3O4S. The molecule has 7 nitrogen and oxygen atoms in total. The maximum Gasteiger partial charge on any atom is 0.350 e. The van der Waals surface area contributed by atoms with Crippen molar-refractivity contribution in [1.82, 2.24) is 4.90 Å². The van der Waals surface area contributed by atoms with Gasteiger partial charge in [0.05, 0.1) is 24.1 Å². The molecule has 0 unspecified atom stereocenters. The van der Waals surface area contributed by atoms with Crippen molar-refractivity contribution < 1.29 is 14.5 Å². The van der Waals surface area contributed by atoms with Crippen LogP contribution in [0.25, 0.3) is 10.4 Å². The van der Waals surface area contributed by atoms with Gasteiger partial charge < -0.3 is 9.64 Å². The van der Waals surface area contributed by atoms with Crippen molar-refractivity contribution in [2.75, 3.05) is 21.2 Å². The summed E-state index contributed by atoms with van der Waals surface area (Å²) < 4.78 is 4.78. The van der Waals surface area contributed by atoms with Crippen molar-refractivity contribution in [2.24, 2.45) is 4.99 Å². The molecule has 0 saturated heterocycles. The van der Waals surface area contributed by atoms with Gasteiger partial charge in [-0.2, -0.15) is 0 Å². The summed E-state index contributed by atoms with van der Waals surface area (Å²) in [6.07, 6.45) is 1.59. The van der Waals surface area contributed by atoms with Crippen LogP contribution in [0.2, 0.25) is 0 Å². The topological polar surface area (TPSA) is 85.0 Å². The molecular weight excluding hydrogens is 318 g/mol. The van der Waals surface area contributed by atoms with Gasteiger partial charge in [-0.15, -0.1) is 11.3 Å². The lowest BCUT2D eigenvalue weighted by Crippen LogP contribution is -2.07. The largest absolute Gasteiger partial charge is 0.465 e. The van der Waals surface area contributed by atoms with Crippen molar-refractivity contribution in [3.05, 3.63) is 45.3 Å². The third-order valence-electron chi connectivity index (χ3n) is 2.87. The van der Waals surface area contributed by atoms with E-state index in [4.69, 9.17) is 4.74 Å². The van der Waals surface area contributed by atoms with Crippen molar-refractivity contribution >= 4 is 35.0 Å². The van der Waals surface area contributed by atoms with E-state index in [9.17, 15) is 14.9 Å². The highest BCUT2D eigenvalue weighted by molar-refractivity contribution is 7.18. The van der Waals surface area contributed by atoms with Crippen molar-refractivity contribution in [2.45, 2.75) is 0 Å². The molecule has 0 N–H and O–H groups in total. The molecule has 2 rings (SSSR count). The van der Waals surface area contributed by atoms with Crippen LogP contribution in [0.3, 0.4) is 0 Å². The highest BCUT2D eigenvalue weighted by Gasteiger charge is 2.18. The van der Waals surface area contributed by atoms with E-state index in [-0.39, 0.29) is 5.69 Å². The molecule has 0 radical (unpaired) electrons. The molecule has 0 saturated carbocycles. The molecule has 8 heteroatoms. The number of thiophene rings is 1. The quantitative estimate of drug-likeness (QED) is 0.275. The fourth-order valence-corrected chi connectivity index (χ4v) is 2.81. The van der Waals surface area contributed by atoms with Gasteiger partial charge in [0.2, 0.25) is 0 Å². The van der Waals surface area contributed by atoms with Crippen molar-refractivity contribution in [3.63, 3.8) is 0 Å². The summed E-state index contributed by atoms with van der Waals surface area (Å²) in [5.41, 5.74) is 1.30. The second kappa shape index (κ2) is 7.01. The Morgan fingerprint density at radius 3 is 2.52 bits per heavy atom. The maximum atomic E-state index is 11.9. The molecule has 1 heterocycles. The summed E-state index contributed by atoms with van der Waals surface area (Å²) in [6.45, 7) is 0. The summed E-state index contributed by atoms with van der Waals surface area (Å²) in [6, 6.07) is 7.90. The van der Waals surface area contributed by atoms with Crippen LogP contribution in [0.5, 0.6) is 0 Å². The van der Waals surface area contributed by atoms with E-state index in [1.807, 2.05) is 14.1 Å². The molecule has 0 atom stereocenters. The highest BCUT2D eigenvalue weighted by Crippen LogP contribution is 2.37. The number of methoxy groups -OCH3 is 1. The van der Waals surface area contributed by atoms with Crippen LogP contribution >= 0.6 is 11.3 Å². The van der Waals surface area contributed by atoms with E-state index in [2.05, 4.69) is 4.99 Å². The number of hydrogen-bond acceptors (Lipinski definition) is 6. The van der Waals surface area contributed by atoms with Crippen LogP contribution in [0.15, 0.2) is 35.3 Å². The molecule has 1 aromatic heterocycles. The molecule has 23 heavy (non-hydrogen) atoms. The number of benzene rings is 1. The zero-order valence-corrected chi connectivity index (χ0v) is 13.7. The number of nitrogens with zero attached hydrogens (tertiary/aromatic N) is 3. The van der Waals surface area contributed by atoms with E-state index in [0.717, 1.165) is 10.4 Å². The number of esters is 1. The number of rotatable bonds is 5. The molecule has 1 aromatic carbocycles. The second-order valence-electron chi connectivity index (χ2n) is 4.83. The first-order valence-corrected chi connectivity index (χ1v) is 7.41. The van der Waals surface area contributed by atoms with E-state index in [1.54, 1.807) is 29.4 Å². The molecule has 0 bridgehead atoms. The number of non-ortho nitro benzene ring substituents is 1. The minimum absolute atomic E-state index is 0.0179. The standard InChI is InChI=1S/C15H15N3O4S/c1-17(2)9-16-12-8-13(23-14(12)15(19)22-3)10-4-6-11(7-5-10)18(20)21/h4-9H,1-3H3/b16-9+. The normalized spacial score (nSPS) is 10.7. The molecule has 2 aromatic rings. The highest BCUT2D eigenvalue weighted by atomic mass is 32.1. The Morgan fingerprint density at radius 2 is 2.00 bits per heavy atom. The fraction of sp³-hybridized carbons (Fsp3) is 0.200. The Balaban J connectivity index is 2.43. The molecule has 0 fully saturated rings. The van der Waals surface area contributed by atoms with Crippen LogP contribution in [0, 0.1) is 10.1 Å². The molecule has 0 aliphatic heterocycles. The Morgan fingerprint density at radius 1 is 1.35 bits per heavy atom. The van der Waals surface area contributed by atoms with Gasteiger partial charge in [0.15, 0.2) is 0 Å². The number of ether oxygens (including phenoxy) is 1. The van der Waals surface area contributed by atoms with Crippen LogP contribution in [0.4, 0.5) is 11.4 Å². The summed E-state index contributed by atoms with van der Waals surface area (Å²) >= 11 is 1.23. The van der Waals surface area contributed by atoms with E-state index < -0.39 is 10.9 Å². The van der Waals surface area contributed by atoms with Crippen LogP contribution in [-0.2, 0) is 4.74 Å². The van der Waals surface area contributed by atoms with Gasteiger partial charge >= 0.3 is 5.97 Å². The Hall–Kier alpha value is -2.74. The predicted octanol–water partition coefficient (Wildman–Crippen LogP) is 3.33. The smallest absolute Gasteiger partial charge is 0.350 e. The van der Waals surface area contributed by atoms with Gasteiger partial charge in [-0.3, -0.25) is 10.1 Å². The zero-order chi connectivity index (χ0) is 17.0. The summed E-state index contributed by atoms with van der Waals surface area (Å²) in [7, 11) is 4.96. The minimum atomic E-state index is -0.464. The van der Waals surface area contributed by atoms with Gasteiger partial charge in [-0.25, -0.2) is 9.79 Å². The summed E-state index contributed by atoms with van der Waals surface area (Å²) in [4.78, 5) is 29.3.